The van der Waals surface area contributed by atoms with E-state index in [-0.39, 0.29) is 37.0 Å². The average Bonchev–Trinajstić information content (AvgIpc) is 3.06. The Morgan fingerprint density at radius 3 is 2.60 bits per heavy atom. The smallest absolute Gasteiger partial charge is 0.407 e. The van der Waals surface area contributed by atoms with E-state index in [1.165, 1.54) is 36.5 Å². The molecule has 3 heterocycles. The number of carbonyl (C=O) groups is 4. The van der Waals surface area contributed by atoms with Gasteiger partial charge in [-0.15, -0.1) is 0 Å². The van der Waals surface area contributed by atoms with Gasteiger partial charge in [-0.25, -0.2) is 9.18 Å². The van der Waals surface area contributed by atoms with Crippen molar-refractivity contribution in [3.05, 3.63) is 59.2 Å². The van der Waals surface area contributed by atoms with Gasteiger partial charge in [0.05, 0.1) is 37.3 Å². The molecule has 2 atom stereocenters. The number of carbonyl (C=O) groups excluding carboxylic acids is 3. The number of aromatic nitrogens is 1. The van der Waals surface area contributed by atoms with Gasteiger partial charge in [-0.1, -0.05) is 6.07 Å². The fourth-order valence-corrected chi connectivity index (χ4v) is 5.72. The Morgan fingerprint density at radius 2 is 1.91 bits per heavy atom. The van der Waals surface area contributed by atoms with Gasteiger partial charge in [0.25, 0.3) is 0 Å². The van der Waals surface area contributed by atoms with Crippen LogP contribution in [0.25, 0.3) is 0 Å². The minimum Gasteiger partial charge on any atom is -0.487 e. The second-order valence-corrected chi connectivity index (χ2v) is 11.4. The number of ether oxygens (including phenoxy) is 2. The molecule has 0 bridgehead atoms. The van der Waals surface area contributed by atoms with Crippen LogP contribution in [-0.4, -0.2) is 77.1 Å². The summed E-state index contributed by atoms with van der Waals surface area (Å²) in [7, 11) is 1.26. The summed E-state index contributed by atoms with van der Waals surface area (Å²) in [5.41, 5.74) is 0.954. The number of nitriles is 1. The third kappa shape index (κ3) is 9.38. The number of carboxylic acid groups (broad SMARTS) is 1. The molecule has 0 unspecified atom stereocenters. The first-order chi connectivity index (χ1) is 21.7. The number of piperidine rings is 2. The van der Waals surface area contributed by atoms with E-state index in [2.05, 4.69) is 10.3 Å². The van der Waals surface area contributed by atoms with Crippen LogP contribution < -0.4 is 10.1 Å². The first-order valence-corrected chi connectivity index (χ1v) is 15.1. The summed E-state index contributed by atoms with van der Waals surface area (Å²) in [6.07, 6.45) is 5.69. The molecule has 2 fully saturated rings. The van der Waals surface area contributed by atoms with Gasteiger partial charge in [0, 0.05) is 38.8 Å². The minimum absolute atomic E-state index is 0.00918. The number of hydrogen-bond acceptors (Lipinski definition) is 8. The number of rotatable bonds is 11. The maximum absolute atomic E-state index is 14.0. The van der Waals surface area contributed by atoms with Gasteiger partial charge < -0.3 is 29.7 Å². The number of nitrogens with zero attached hydrogens (tertiary/aromatic N) is 4. The van der Waals surface area contributed by atoms with Crippen molar-refractivity contribution in [3.8, 4) is 11.8 Å². The number of benzene rings is 1. The lowest BCUT2D eigenvalue weighted by Crippen LogP contribution is -2.46. The quantitative estimate of drug-likeness (QED) is 0.355. The van der Waals surface area contributed by atoms with E-state index in [9.17, 15) is 23.6 Å². The molecule has 12 nitrogen and oxygen atoms in total. The summed E-state index contributed by atoms with van der Waals surface area (Å²) in [5.74, 6) is -1.31. The Balaban J connectivity index is 1.34. The molecule has 2 N–H and O–H groups in total. The Hall–Kier alpha value is -4.73. The zero-order chi connectivity index (χ0) is 32.3. The molecule has 45 heavy (non-hydrogen) atoms. The molecule has 2 saturated heterocycles. The van der Waals surface area contributed by atoms with Crippen molar-refractivity contribution in [1.82, 2.24) is 20.1 Å². The molecule has 2 aliphatic rings. The SMILES string of the molecule is COC(=O)C[C@H](NC(=O)[C@@H]1CCCN(C(=O)CCC2CCN(C(=O)O)CC2)C1)c1cncc(OCc2ccc(C#N)c(F)c2)c1. The number of pyridine rings is 1. The third-order valence-corrected chi connectivity index (χ3v) is 8.41. The lowest BCUT2D eigenvalue weighted by Gasteiger charge is -2.34. The summed E-state index contributed by atoms with van der Waals surface area (Å²) < 4.78 is 24.6. The molecule has 0 saturated carbocycles. The molecule has 1 aromatic carbocycles. The van der Waals surface area contributed by atoms with Crippen LogP contribution >= 0.6 is 0 Å². The number of likely N-dealkylation sites (tertiary alicyclic amines) is 2. The normalized spacial score (nSPS) is 17.6. The van der Waals surface area contributed by atoms with Gasteiger partial charge in [-0.2, -0.15) is 5.26 Å². The molecule has 2 aliphatic heterocycles. The molecular formula is C32H38FN5O7. The van der Waals surface area contributed by atoms with Crippen LogP contribution in [0.2, 0.25) is 0 Å². The van der Waals surface area contributed by atoms with Crippen LogP contribution in [0.4, 0.5) is 9.18 Å². The predicted octanol–water partition coefficient (Wildman–Crippen LogP) is 3.80. The summed E-state index contributed by atoms with van der Waals surface area (Å²) >= 11 is 0. The van der Waals surface area contributed by atoms with E-state index in [0.29, 0.717) is 68.1 Å². The Kier molecular flexibility index (Phi) is 11.7. The molecule has 240 valence electrons. The summed E-state index contributed by atoms with van der Waals surface area (Å²) in [6, 6.07) is 6.82. The highest BCUT2D eigenvalue weighted by molar-refractivity contribution is 5.82. The number of hydrogen-bond donors (Lipinski definition) is 2. The van der Waals surface area contributed by atoms with Crippen molar-refractivity contribution in [3.63, 3.8) is 0 Å². The van der Waals surface area contributed by atoms with Gasteiger partial charge in [-0.3, -0.25) is 19.4 Å². The minimum atomic E-state index is -0.911. The van der Waals surface area contributed by atoms with Crippen molar-refractivity contribution in [2.45, 2.75) is 57.6 Å². The zero-order valence-electron chi connectivity index (χ0n) is 25.2. The van der Waals surface area contributed by atoms with Gasteiger partial charge in [0.1, 0.15) is 24.2 Å². The van der Waals surface area contributed by atoms with E-state index in [4.69, 9.17) is 19.8 Å². The second-order valence-electron chi connectivity index (χ2n) is 11.4. The number of amides is 3. The van der Waals surface area contributed by atoms with E-state index >= 15 is 0 Å². The van der Waals surface area contributed by atoms with Crippen LogP contribution in [0, 0.1) is 29.0 Å². The van der Waals surface area contributed by atoms with Crippen LogP contribution in [-0.2, 0) is 25.7 Å². The number of esters is 1. The standard InChI is InChI=1S/C32H38FN5O7/c1-44-30(40)15-28(25-14-26(18-35-17-25)45-20-22-4-6-23(16-34)27(33)13-22)36-31(41)24-3-2-10-38(19-24)29(39)7-5-21-8-11-37(12-9-21)32(42)43/h4,6,13-14,17-18,21,24,28H,2-3,5,7-12,15,19-20H2,1H3,(H,36,41)(H,42,43)/t24-,28+/m1/s1. The van der Waals surface area contributed by atoms with E-state index in [1.807, 2.05) is 0 Å². The summed E-state index contributed by atoms with van der Waals surface area (Å²) in [4.78, 5) is 57.2. The van der Waals surface area contributed by atoms with Gasteiger partial charge >= 0.3 is 12.1 Å². The molecule has 0 spiro atoms. The van der Waals surface area contributed by atoms with E-state index in [1.54, 1.807) is 23.1 Å². The first kappa shape index (κ1) is 33.2. The highest BCUT2D eigenvalue weighted by atomic mass is 19.1. The predicted molar refractivity (Wildman–Crippen MR) is 158 cm³/mol. The number of halogens is 1. The van der Waals surface area contributed by atoms with E-state index < -0.39 is 29.8 Å². The first-order valence-electron chi connectivity index (χ1n) is 15.1. The summed E-state index contributed by atoms with van der Waals surface area (Å²) in [5, 5.41) is 21.0. The summed E-state index contributed by atoms with van der Waals surface area (Å²) in [6.45, 7) is 1.81. The molecule has 0 aliphatic carbocycles. The lowest BCUT2D eigenvalue weighted by atomic mass is 9.91. The molecular weight excluding hydrogens is 585 g/mol. The van der Waals surface area contributed by atoms with Gasteiger partial charge in [0.2, 0.25) is 11.8 Å². The largest absolute Gasteiger partial charge is 0.487 e. The third-order valence-electron chi connectivity index (χ3n) is 8.41. The number of methoxy groups -OCH3 is 1. The zero-order valence-corrected chi connectivity index (χ0v) is 25.2. The Labute approximate surface area is 261 Å². The fourth-order valence-electron chi connectivity index (χ4n) is 5.72. The maximum Gasteiger partial charge on any atom is 0.407 e. The van der Waals surface area contributed by atoms with Crippen LogP contribution in [0.5, 0.6) is 5.75 Å². The fraction of sp³-hybridized carbons (Fsp3) is 0.500. The average molecular weight is 624 g/mol. The topological polar surface area (TPSA) is 162 Å². The van der Waals surface area contributed by atoms with E-state index in [0.717, 1.165) is 12.8 Å². The molecule has 3 amide bonds. The molecule has 2 aromatic rings. The van der Waals surface area contributed by atoms with Crippen molar-refractivity contribution in [2.75, 3.05) is 33.3 Å². The van der Waals surface area contributed by atoms with Crippen molar-refractivity contribution in [1.29, 1.82) is 5.26 Å². The highest BCUT2D eigenvalue weighted by Crippen LogP contribution is 2.26. The second kappa shape index (κ2) is 15.8. The Morgan fingerprint density at radius 1 is 1.13 bits per heavy atom. The molecule has 4 rings (SSSR count). The highest BCUT2D eigenvalue weighted by Gasteiger charge is 2.31. The van der Waals surface area contributed by atoms with Gasteiger partial charge in [-0.05, 0) is 67.3 Å². The molecule has 1 aromatic heterocycles. The van der Waals surface area contributed by atoms with Crippen LogP contribution in [0.15, 0.2) is 36.7 Å². The van der Waals surface area contributed by atoms with Crippen LogP contribution in [0.1, 0.15) is 67.7 Å². The van der Waals surface area contributed by atoms with Crippen molar-refractivity contribution in [2.24, 2.45) is 11.8 Å². The maximum atomic E-state index is 14.0. The van der Waals surface area contributed by atoms with Gasteiger partial charge in [0.15, 0.2) is 0 Å². The monoisotopic (exact) mass is 623 g/mol. The van der Waals surface area contributed by atoms with Crippen molar-refractivity contribution >= 4 is 23.9 Å². The molecule has 0 radical (unpaired) electrons. The number of nitrogens with one attached hydrogen (secondary N) is 1. The molecule has 13 heteroatoms. The van der Waals surface area contributed by atoms with Crippen LogP contribution in [0.3, 0.4) is 0 Å². The van der Waals surface area contributed by atoms with Crippen molar-refractivity contribution < 1.29 is 38.1 Å². The lowest BCUT2D eigenvalue weighted by molar-refractivity contribution is -0.141. The Bertz CT molecular complexity index is 1420.